The van der Waals surface area contributed by atoms with Gasteiger partial charge in [0.25, 0.3) is 0 Å². The van der Waals surface area contributed by atoms with Crippen LogP contribution in [0.2, 0.25) is 0 Å². The fourth-order valence-electron chi connectivity index (χ4n) is 1.29. The van der Waals surface area contributed by atoms with E-state index in [-0.39, 0.29) is 6.10 Å². The first-order valence-electron chi connectivity index (χ1n) is 3.86. The molecule has 72 valence electrons. The Kier molecular flexibility index (Phi) is 4.29. The second-order valence-electron chi connectivity index (χ2n) is 2.79. The van der Waals surface area contributed by atoms with E-state index in [1.807, 2.05) is 0 Å². The van der Waals surface area contributed by atoms with Gasteiger partial charge in [-0.05, 0) is 6.42 Å². The maximum Gasteiger partial charge on any atom is 0.695 e. The Hall–Kier alpha value is 0.00494. The highest BCUT2D eigenvalue weighted by Gasteiger charge is 2.39. The Labute approximate surface area is 78.7 Å². The van der Waals surface area contributed by atoms with E-state index in [1.165, 1.54) is 7.11 Å². The van der Waals surface area contributed by atoms with Gasteiger partial charge in [-0.15, -0.1) is 9.42 Å². The Balaban J connectivity index is 2.45. The quantitative estimate of drug-likeness (QED) is 0.514. The minimum atomic E-state index is -2.61. The molecule has 5 nitrogen and oxygen atoms in total. The third-order valence-electron chi connectivity index (χ3n) is 1.79. The minimum Gasteiger partial charge on any atom is -0.382 e. The molecule has 1 aliphatic rings. The predicted octanol–water partition coefficient (Wildman–Crippen LogP) is -0.0488. The highest BCUT2D eigenvalue weighted by atomic mass is 31.1. The molecule has 0 aliphatic carbocycles. The minimum absolute atomic E-state index is 0.307. The lowest BCUT2D eigenvalue weighted by Crippen LogP contribution is -2.27. The summed E-state index contributed by atoms with van der Waals surface area (Å²) in [5.41, 5.74) is 0. The summed E-state index contributed by atoms with van der Waals surface area (Å²) in [4.78, 5) is 8.53. The number of hydrogen-bond acceptors (Lipinski definition) is 4. The van der Waals surface area contributed by atoms with Gasteiger partial charge in [-0.1, -0.05) is 0 Å². The van der Waals surface area contributed by atoms with E-state index in [4.69, 9.17) is 26.7 Å². The van der Waals surface area contributed by atoms with Crippen molar-refractivity contribution in [2.75, 3.05) is 13.7 Å². The average molecular weight is 205 g/mol. The monoisotopic (exact) mass is 205 g/mol. The predicted molar refractivity (Wildman–Crippen MR) is 45.6 cm³/mol. The zero-order chi connectivity index (χ0) is 9.84. The van der Waals surface area contributed by atoms with Crippen molar-refractivity contribution in [1.82, 2.24) is 0 Å². The number of methoxy groups -OCH3 is 1. The van der Waals surface area contributed by atoms with Crippen molar-refractivity contribution < 1.29 is 23.5 Å². The molecule has 1 fully saturated rings. The van der Waals surface area contributed by atoms with Crippen LogP contribution in [0.25, 0.3) is 0 Å². The SMILES string of the molecule is [B][C@H]1CC(O[P+](=O)O)[C@@H](COC)O1. The lowest BCUT2D eigenvalue weighted by Gasteiger charge is -2.12. The van der Waals surface area contributed by atoms with Crippen LogP contribution in [0.1, 0.15) is 6.42 Å². The molecule has 1 rings (SSSR count). The van der Waals surface area contributed by atoms with Gasteiger partial charge in [-0.25, -0.2) is 0 Å². The van der Waals surface area contributed by atoms with E-state index in [2.05, 4.69) is 0 Å². The van der Waals surface area contributed by atoms with Crippen LogP contribution in [0.5, 0.6) is 0 Å². The van der Waals surface area contributed by atoms with E-state index >= 15 is 0 Å². The van der Waals surface area contributed by atoms with E-state index in [0.29, 0.717) is 13.0 Å². The summed E-state index contributed by atoms with van der Waals surface area (Å²) in [6.45, 7) is 0.307. The topological polar surface area (TPSA) is 65.0 Å². The smallest absolute Gasteiger partial charge is 0.382 e. The van der Waals surface area contributed by atoms with Gasteiger partial charge in [0.1, 0.15) is 20.1 Å². The summed E-state index contributed by atoms with van der Waals surface area (Å²) in [5, 5.41) is 0. The molecule has 1 aliphatic heterocycles. The van der Waals surface area contributed by atoms with Gasteiger partial charge in [0.15, 0.2) is 0 Å². The summed E-state index contributed by atoms with van der Waals surface area (Å²) in [6, 6.07) is -0.444. The highest BCUT2D eigenvalue weighted by molar-refractivity contribution is 7.32. The molecule has 1 heterocycles. The molecule has 1 saturated heterocycles. The molecule has 0 saturated carbocycles. The van der Waals surface area contributed by atoms with Crippen LogP contribution in [-0.4, -0.2) is 44.7 Å². The summed E-state index contributed by atoms with van der Waals surface area (Å²) in [5.74, 6) is 0. The fourth-order valence-corrected chi connectivity index (χ4v) is 1.74. The molecule has 7 heteroatoms. The standard InChI is InChI=1S/C6H10BO5P/c1-10-3-5-4(12-13(8)9)2-6(7)11-5/h4-6H,2-3H2,1H3/p+1/t4?,5-,6-/m1/s1. The Morgan fingerprint density at radius 3 is 3.00 bits per heavy atom. The van der Waals surface area contributed by atoms with Gasteiger partial charge in [-0.2, -0.15) is 0 Å². The second kappa shape index (κ2) is 5.03. The summed E-state index contributed by atoms with van der Waals surface area (Å²) >= 11 is 0. The zero-order valence-corrected chi connectivity index (χ0v) is 8.15. The highest BCUT2D eigenvalue weighted by Crippen LogP contribution is 2.29. The molecule has 0 amide bonds. The van der Waals surface area contributed by atoms with Crippen molar-refractivity contribution in [1.29, 1.82) is 0 Å². The van der Waals surface area contributed by atoms with Crippen LogP contribution in [0.4, 0.5) is 0 Å². The van der Waals surface area contributed by atoms with Crippen molar-refractivity contribution in [2.45, 2.75) is 24.6 Å². The Morgan fingerprint density at radius 2 is 2.46 bits per heavy atom. The number of ether oxygens (including phenoxy) is 2. The first-order chi connectivity index (χ1) is 6.13. The third-order valence-corrected chi connectivity index (χ3v) is 2.24. The molecule has 0 aromatic rings. The molecule has 0 aromatic carbocycles. The third kappa shape index (κ3) is 3.33. The molecular formula is C6H11BO5P+. The normalized spacial score (nSPS) is 34.9. The van der Waals surface area contributed by atoms with Crippen molar-refractivity contribution in [3.05, 3.63) is 0 Å². The van der Waals surface area contributed by atoms with Gasteiger partial charge >= 0.3 is 8.25 Å². The zero-order valence-electron chi connectivity index (χ0n) is 7.25. The van der Waals surface area contributed by atoms with Gasteiger partial charge in [-0.3, -0.25) is 0 Å². The summed E-state index contributed by atoms with van der Waals surface area (Å²) in [7, 11) is 4.40. The second-order valence-corrected chi connectivity index (χ2v) is 3.47. The molecule has 13 heavy (non-hydrogen) atoms. The number of hydrogen-bond donors (Lipinski definition) is 1. The maximum atomic E-state index is 10.4. The van der Waals surface area contributed by atoms with Crippen LogP contribution < -0.4 is 0 Å². The van der Waals surface area contributed by atoms with E-state index < -0.39 is 20.4 Å². The van der Waals surface area contributed by atoms with Crippen molar-refractivity contribution >= 4 is 16.1 Å². The summed E-state index contributed by atoms with van der Waals surface area (Å²) < 4.78 is 25.2. The Morgan fingerprint density at radius 1 is 1.77 bits per heavy atom. The average Bonchev–Trinajstić information content (AvgIpc) is 2.31. The molecule has 2 unspecified atom stereocenters. The molecule has 4 atom stereocenters. The number of rotatable bonds is 4. The molecule has 0 spiro atoms. The van der Waals surface area contributed by atoms with Gasteiger partial charge in [0.05, 0.1) is 6.61 Å². The van der Waals surface area contributed by atoms with Gasteiger partial charge < -0.3 is 9.47 Å². The van der Waals surface area contributed by atoms with Crippen LogP contribution in [-0.2, 0) is 18.6 Å². The van der Waals surface area contributed by atoms with Crippen LogP contribution in [0.15, 0.2) is 0 Å². The first-order valence-corrected chi connectivity index (χ1v) is 4.99. The summed E-state index contributed by atoms with van der Waals surface area (Å²) in [6.07, 6.45) is -0.398. The van der Waals surface area contributed by atoms with Crippen molar-refractivity contribution in [3.8, 4) is 0 Å². The molecule has 0 bridgehead atoms. The molecular weight excluding hydrogens is 194 g/mol. The van der Waals surface area contributed by atoms with Crippen molar-refractivity contribution in [3.63, 3.8) is 0 Å². The maximum absolute atomic E-state index is 10.4. The Bertz CT molecular complexity index is 190. The van der Waals surface area contributed by atoms with Crippen LogP contribution in [0.3, 0.4) is 0 Å². The first kappa shape index (κ1) is 11.1. The van der Waals surface area contributed by atoms with E-state index in [9.17, 15) is 4.57 Å². The molecule has 1 N–H and O–H groups in total. The lowest BCUT2D eigenvalue weighted by atomic mass is 9.96. The van der Waals surface area contributed by atoms with Crippen molar-refractivity contribution in [2.24, 2.45) is 0 Å². The van der Waals surface area contributed by atoms with Gasteiger partial charge in [0, 0.05) is 17.7 Å². The van der Waals surface area contributed by atoms with E-state index in [0.717, 1.165) is 0 Å². The molecule has 2 radical (unpaired) electrons. The largest absolute Gasteiger partial charge is 0.695 e. The van der Waals surface area contributed by atoms with Crippen LogP contribution >= 0.6 is 8.25 Å². The van der Waals surface area contributed by atoms with Gasteiger partial charge in [0.2, 0.25) is 0 Å². The lowest BCUT2D eigenvalue weighted by molar-refractivity contribution is -0.0109. The van der Waals surface area contributed by atoms with E-state index in [1.54, 1.807) is 0 Å². The fraction of sp³-hybridized carbons (Fsp3) is 1.00. The molecule has 0 aromatic heterocycles. The van der Waals surface area contributed by atoms with Crippen LogP contribution in [0, 0.1) is 0 Å².